The number of nitrogens with zero attached hydrogens (tertiary/aromatic N) is 1. The van der Waals surface area contributed by atoms with Crippen molar-refractivity contribution in [1.29, 1.82) is 5.26 Å². The first-order valence-electron chi connectivity index (χ1n) is 9.34. The van der Waals surface area contributed by atoms with Gasteiger partial charge < -0.3 is 10.1 Å². The van der Waals surface area contributed by atoms with Gasteiger partial charge in [-0.25, -0.2) is 0 Å². The fourth-order valence-electron chi connectivity index (χ4n) is 2.54. The van der Waals surface area contributed by atoms with Gasteiger partial charge in [0, 0.05) is 16.3 Å². The first-order chi connectivity index (χ1) is 15.0. The third-order valence-electron chi connectivity index (χ3n) is 4.22. The number of carbonyl (C=O) groups excluding carboxylic acids is 2. The molecule has 0 unspecified atom stereocenters. The fourth-order valence-corrected chi connectivity index (χ4v) is 2.66. The highest BCUT2D eigenvalue weighted by molar-refractivity contribution is 6.30. The second-order valence-corrected chi connectivity index (χ2v) is 6.92. The number of benzene rings is 3. The molecule has 0 aliphatic carbocycles. The van der Waals surface area contributed by atoms with Gasteiger partial charge in [0.15, 0.2) is 0 Å². The van der Waals surface area contributed by atoms with Crippen molar-refractivity contribution in [3.8, 4) is 11.8 Å². The molecule has 0 aliphatic rings. The third-order valence-corrected chi connectivity index (χ3v) is 4.47. The zero-order valence-corrected chi connectivity index (χ0v) is 17.1. The number of nitrogens with one attached hydrogen (secondary N) is 3. The Bertz CT molecular complexity index is 1080. The van der Waals surface area contributed by atoms with E-state index in [0.717, 1.165) is 5.56 Å². The molecule has 0 aliphatic heterocycles. The van der Waals surface area contributed by atoms with Gasteiger partial charge in [0.1, 0.15) is 12.4 Å². The van der Waals surface area contributed by atoms with Crippen LogP contribution in [0.4, 0.5) is 5.69 Å². The lowest BCUT2D eigenvalue weighted by Crippen LogP contribution is -2.44. The van der Waals surface area contributed by atoms with E-state index in [1.54, 1.807) is 72.8 Å². The van der Waals surface area contributed by atoms with E-state index in [4.69, 9.17) is 21.6 Å². The Morgan fingerprint density at radius 2 is 1.58 bits per heavy atom. The van der Waals surface area contributed by atoms with Crippen molar-refractivity contribution >= 4 is 29.1 Å². The van der Waals surface area contributed by atoms with E-state index in [0.29, 0.717) is 34.2 Å². The molecule has 7 nitrogen and oxygen atoms in total. The predicted octanol–water partition coefficient (Wildman–Crippen LogP) is 3.66. The topological polar surface area (TPSA) is 103 Å². The SMILES string of the molecule is N#Cc1ccc(NCC(=O)NNC(=O)c2ccc(COc3ccc(Cl)cc3)cc2)cc1. The summed E-state index contributed by atoms with van der Waals surface area (Å²) in [5.41, 5.74) is 7.23. The van der Waals surface area contributed by atoms with Crippen LogP contribution in [0, 0.1) is 11.3 Å². The van der Waals surface area contributed by atoms with Crippen molar-refractivity contribution < 1.29 is 14.3 Å². The zero-order chi connectivity index (χ0) is 22.1. The lowest BCUT2D eigenvalue weighted by Gasteiger charge is -2.10. The molecule has 8 heteroatoms. The van der Waals surface area contributed by atoms with Crippen molar-refractivity contribution in [1.82, 2.24) is 10.9 Å². The number of hydrazine groups is 1. The number of ether oxygens (including phenoxy) is 1. The molecule has 3 rings (SSSR count). The molecule has 31 heavy (non-hydrogen) atoms. The van der Waals surface area contributed by atoms with Gasteiger partial charge in [0.25, 0.3) is 11.8 Å². The quantitative estimate of drug-likeness (QED) is 0.492. The molecule has 0 aromatic heterocycles. The van der Waals surface area contributed by atoms with Crippen LogP contribution >= 0.6 is 11.6 Å². The van der Waals surface area contributed by atoms with Gasteiger partial charge in [-0.1, -0.05) is 23.7 Å². The standard InChI is InChI=1S/C23H19ClN4O3/c24-19-7-11-21(12-8-19)31-15-17-1-5-18(6-2-17)23(30)28-27-22(29)14-26-20-9-3-16(13-25)4-10-20/h1-12,26H,14-15H2,(H,27,29)(H,28,30). The van der Waals surface area contributed by atoms with Crippen LogP contribution < -0.4 is 20.9 Å². The van der Waals surface area contributed by atoms with Gasteiger partial charge in [0.05, 0.1) is 18.2 Å². The van der Waals surface area contributed by atoms with Crippen LogP contribution in [0.5, 0.6) is 5.75 Å². The Balaban J connectivity index is 1.41. The van der Waals surface area contributed by atoms with E-state index in [1.165, 1.54) is 0 Å². The van der Waals surface area contributed by atoms with Crippen LogP contribution in [0.2, 0.25) is 5.02 Å². The maximum absolute atomic E-state index is 12.2. The molecule has 0 heterocycles. The first kappa shape index (κ1) is 21.7. The van der Waals surface area contributed by atoms with Crippen molar-refractivity contribution in [3.05, 3.63) is 94.5 Å². The van der Waals surface area contributed by atoms with Gasteiger partial charge in [-0.05, 0) is 66.2 Å². The monoisotopic (exact) mass is 434 g/mol. The molecule has 0 radical (unpaired) electrons. The van der Waals surface area contributed by atoms with E-state index >= 15 is 0 Å². The molecule has 3 aromatic carbocycles. The molecule has 0 fully saturated rings. The van der Waals surface area contributed by atoms with Gasteiger partial charge in [0.2, 0.25) is 0 Å². The minimum absolute atomic E-state index is 0.0346. The van der Waals surface area contributed by atoms with Crippen LogP contribution in [-0.4, -0.2) is 18.4 Å². The number of anilines is 1. The van der Waals surface area contributed by atoms with Gasteiger partial charge in [-0.15, -0.1) is 0 Å². The van der Waals surface area contributed by atoms with E-state index in [9.17, 15) is 9.59 Å². The van der Waals surface area contributed by atoms with E-state index in [-0.39, 0.29) is 6.54 Å². The van der Waals surface area contributed by atoms with E-state index in [1.807, 2.05) is 6.07 Å². The van der Waals surface area contributed by atoms with Crippen LogP contribution in [0.3, 0.4) is 0 Å². The summed E-state index contributed by atoms with van der Waals surface area (Å²) in [7, 11) is 0. The summed E-state index contributed by atoms with van der Waals surface area (Å²) in [5.74, 6) is -0.147. The maximum atomic E-state index is 12.2. The lowest BCUT2D eigenvalue weighted by molar-refractivity contribution is -0.120. The van der Waals surface area contributed by atoms with Gasteiger partial charge in [-0.3, -0.25) is 20.4 Å². The molecule has 0 atom stereocenters. The zero-order valence-electron chi connectivity index (χ0n) is 16.4. The van der Waals surface area contributed by atoms with Crippen molar-refractivity contribution in [3.63, 3.8) is 0 Å². The second kappa shape index (κ2) is 10.7. The second-order valence-electron chi connectivity index (χ2n) is 6.48. The lowest BCUT2D eigenvalue weighted by atomic mass is 10.1. The molecular weight excluding hydrogens is 416 g/mol. The molecule has 0 bridgehead atoms. The number of halogens is 1. The molecule has 0 spiro atoms. The molecule has 3 N–H and O–H groups in total. The summed E-state index contributed by atoms with van der Waals surface area (Å²) in [4.78, 5) is 24.1. The highest BCUT2D eigenvalue weighted by Gasteiger charge is 2.08. The molecule has 2 amide bonds. The summed E-state index contributed by atoms with van der Waals surface area (Å²) >= 11 is 5.84. The fraction of sp³-hybridized carbons (Fsp3) is 0.0870. The molecule has 0 saturated carbocycles. The Morgan fingerprint density at radius 1 is 0.903 bits per heavy atom. The first-order valence-corrected chi connectivity index (χ1v) is 9.72. The highest BCUT2D eigenvalue weighted by atomic mass is 35.5. The average Bonchev–Trinajstić information content (AvgIpc) is 2.81. The van der Waals surface area contributed by atoms with Crippen molar-refractivity contribution in [2.24, 2.45) is 0 Å². The molecule has 3 aromatic rings. The minimum Gasteiger partial charge on any atom is -0.489 e. The Hall–Kier alpha value is -4.02. The number of amides is 2. The predicted molar refractivity (Wildman–Crippen MR) is 117 cm³/mol. The third kappa shape index (κ3) is 6.77. The number of nitriles is 1. The van der Waals surface area contributed by atoms with Crippen LogP contribution in [0.15, 0.2) is 72.8 Å². The van der Waals surface area contributed by atoms with Crippen LogP contribution in [-0.2, 0) is 11.4 Å². The minimum atomic E-state index is -0.433. The maximum Gasteiger partial charge on any atom is 0.269 e. The highest BCUT2D eigenvalue weighted by Crippen LogP contribution is 2.17. The van der Waals surface area contributed by atoms with E-state index < -0.39 is 11.8 Å². The van der Waals surface area contributed by atoms with Crippen LogP contribution in [0.25, 0.3) is 0 Å². The van der Waals surface area contributed by atoms with Crippen molar-refractivity contribution in [2.75, 3.05) is 11.9 Å². The number of carbonyl (C=O) groups is 2. The summed E-state index contributed by atoms with van der Waals surface area (Å²) in [5, 5.41) is 12.3. The Kier molecular flexibility index (Phi) is 7.46. The van der Waals surface area contributed by atoms with E-state index in [2.05, 4.69) is 16.2 Å². The summed E-state index contributed by atoms with van der Waals surface area (Å²) in [6.07, 6.45) is 0. The normalized spacial score (nSPS) is 9.94. The summed E-state index contributed by atoms with van der Waals surface area (Å²) in [6, 6.07) is 22.6. The Labute approximate surface area is 184 Å². The number of hydrogen-bond donors (Lipinski definition) is 3. The van der Waals surface area contributed by atoms with Crippen LogP contribution in [0.1, 0.15) is 21.5 Å². The summed E-state index contributed by atoms with van der Waals surface area (Å²) < 4.78 is 5.66. The van der Waals surface area contributed by atoms with Gasteiger partial charge in [-0.2, -0.15) is 5.26 Å². The number of rotatable bonds is 7. The Morgan fingerprint density at radius 3 is 2.23 bits per heavy atom. The summed E-state index contributed by atoms with van der Waals surface area (Å²) in [6.45, 7) is 0.314. The van der Waals surface area contributed by atoms with Gasteiger partial charge >= 0.3 is 0 Å². The molecule has 156 valence electrons. The molecular formula is C23H19ClN4O3. The average molecular weight is 435 g/mol. The molecule has 0 saturated heterocycles. The smallest absolute Gasteiger partial charge is 0.269 e. The largest absolute Gasteiger partial charge is 0.489 e. The van der Waals surface area contributed by atoms with Crippen molar-refractivity contribution in [2.45, 2.75) is 6.61 Å². The number of hydrogen-bond acceptors (Lipinski definition) is 5.